The van der Waals surface area contributed by atoms with Crippen LogP contribution in [0.25, 0.3) is 0 Å². The number of rotatable bonds is 6. The van der Waals surface area contributed by atoms with Crippen molar-refractivity contribution in [3.8, 4) is 0 Å². The molecule has 0 spiro atoms. The highest BCUT2D eigenvalue weighted by molar-refractivity contribution is 4.78. The molecule has 0 radical (unpaired) electrons. The molecule has 0 saturated heterocycles. The average Bonchev–Trinajstić information content (AvgIpc) is 3.13. The van der Waals surface area contributed by atoms with Crippen LogP contribution in [0.2, 0.25) is 0 Å². The summed E-state index contributed by atoms with van der Waals surface area (Å²) in [6.45, 7) is 7.79. The fraction of sp³-hybridized carbons (Fsp3) is 0.750. The van der Waals surface area contributed by atoms with E-state index in [1.807, 2.05) is 13.8 Å². The highest BCUT2D eigenvalue weighted by atomic mass is 16.4. The Kier molecular flexibility index (Phi) is 14.0. The summed E-state index contributed by atoms with van der Waals surface area (Å²) in [5.74, 6) is 2.80. The summed E-state index contributed by atoms with van der Waals surface area (Å²) in [6, 6.07) is 0. The van der Waals surface area contributed by atoms with Gasteiger partial charge in [0.25, 0.3) is 0 Å². The maximum absolute atomic E-state index is 5.71. The molecule has 0 atom stereocenters. The molecule has 23 heavy (non-hydrogen) atoms. The van der Waals surface area contributed by atoms with E-state index in [0.29, 0.717) is 17.7 Å². The van der Waals surface area contributed by atoms with Gasteiger partial charge in [0.05, 0.1) is 0 Å². The zero-order valence-corrected chi connectivity index (χ0v) is 14.3. The summed E-state index contributed by atoms with van der Waals surface area (Å²) in [7, 11) is 1.29. The summed E-state index contributed by atoms with van der Waals surface area (Å²) in [5.41, 5.74) is 0. The van der Waals surface area contributed by atoms with Gasteiger partial charge in [-0.1, -0.05) is 40.5 Å². The SMILES string of the molecule is C.CCCCCCc1nnc(C)o1.CCc1nnc(C)o1.[2H]OC. The van der Waals surface area contributed by atoms with E-state index in [1.165, 1.54) is 26.4 Å². The third kappa shape index (κ3) is 11.5. The minimum Gasteiger partial charge on any atom is -0.426 e. The minimum absolute atomic E-state index is 0. The third-order valence-electron chi connectivity index (χ3n) is 2.68. The molecule has 7 nitrogen and oxygen atoms in total. The molecule has 0 aliphatic rings. The molecule has 2 rings (SSSR count). The first kappa shape index (κ1) is 21.2. The molecule has 0 aliphatic heterocycles. The predicted octanol–water partition coefficient (Wildman–Crippen LogP) is 3.69. The largest absolute Gasteiger partial charge is 0.426 e. The Balaban J connectivity index is 0. The number of aromatic nitrogens is 4. The number of hydrogen-bond acceptors (Lipinski definition) is 7. The van der Waals surface area contributed by atoms with Gasteiger partial charge in [-0.3, -0.25) is 0 Å². The van der Waals surface area contributed by atoms with Crippen molar-refractivity contribution in [1.82, 2.24) is 20.4 Å². The van der Waals surface area contributed by atoms with Gasteiger partial charge in [-0.25, -0.2) is 0 Å². The smallest absolute Gasteiger partial charge is 0.216 e. The summed E-state index contributed by atoms with van der Waals surface area (Å²) in [4.78, 5) is 0. The van der Waals surface area contributed by atoms with Gasteiger partial charge < -0.3 is 13.9 Å². The molecule has 2 heterocycles. The van der Waals surface area contributed by atoms with E-state index < -0.39 is 0 Å². The lowest BCUT2D eigenvalue weighted by molar-refractivity contribution is 0.399. The Morgan fingerprint density at radius 1 is 0.913 bits per heavy atom. The van der Waals surface area contributed by atoms with Crippen LogP contribution in [0.15, 0.2) is 8.83 Å². The highest BCUT2D eigenvalue weighted by Gasteiger charge is 2.00. The molecule has 2 aromatic heterocycles. The maximum atomic E-state index is 5.71. The maximum Gasteiger partial charge on any atom is 0.216 e. The van der Waals surface area contributed by atoms with Crippen LogP contribution in [0.4, 0.5) is 0 Å². The van der Waals surface area contributed by atoms with Crippen molar-refractivity contribution in [2.75, 3.05) is 7.11 Å². The molecule has 0 saturated carbocycles. The van der Waals surface area contributed by atoms with Crippen molar-refractivity contribution in [3.63, 3.8) is 0 Å². The molecule has 134 valence electrons. The molecule has 0 aliphatic carbocycles. The quantitative estimate of drug-likeness (QED) is 0.807. The highest BCUT2D eigenvalue weighted by Crippen LogP contribution is 2.06. The molecular weight excluding hydrogens is 296 g/mol. The number of unbranched alkanes of at least 4 members (excludes halogenated alkanes) is 3. The number of hydrogen-bond donors (Lipinski definition) is 1. The standard InChI is InChI=1S/C9H16N2O.C5H8N2O.CH4O.CH4/c1-3-4-5-6-7-9-11-10-8(2)12-9;1-3-5-7-6-4(2)8-5;1-2;/h3-7H2,1-2H3;3H2,1-2H3;2H,1H3;1H4/i;;2D;. The van der Waals surface area contributed by atoms with Crippen LogP contribution < -0.4 is 0 Å². The lowest BCUT2D eigenvalue weighted by atomic mass is 10.1. The predicted molar refractivity (Wildman–Crippen MR) is 90.2 cm³/mol. The number of aliphatic hydroxyl groups is 1. The van der Waals surface area contributed by atoms with Crippen LogP contribution in [0.3, 0.4) is 0 Å². The number of aryl methyl sites for hydroxylation is 4. The number of nitrogens with zero attached hydrogens (tertiary/aromatic N) is 4. The molecule has 7 heteroatoms. The Morgan fingerprint density at radius 3 is 1.78 bits per heavy atom. The van der Waals surface area contributed by atoms with E-state index >= 15 is 0 Å². The van der Waals surface area contributed by atoms with Crippen molar-refractivity contribution in [3.05, 3.63) is 23.6 Å². The van der Waals surface area contributed by atoms with Crippen LogP contribution >= 0.6 is 0 Å². The van der Waals surface area contributed by atoms with Crippen molar-refractivity contribution in [2.24, 2.45) is 0 Å². The summed E-state index contributed by atoms with van der Waals surface area (Å²) in [5, 5.41) is 18.6. The lowest BCUT2D eigenvalue weighted by Crippen LogP contribution is -1.85. The molecule has 0 bridgehead atoms. The Labute approximate surface area is 141 Å². The Hall–Kier alpha value is -1.76. The van der Waals surface area contributed by atoms with E-state index in [1.54, 1.807) is 6.92 Å². The van der Waals surface area contributed by atoms with Gasteiger partial charge in [-0.15, -0.1) is 20.4 Å². The third-order valence-corrected chi connectivity index (χ3v) is 2.68. The second-order valence-corrected chi connectivity index (χ2v) is 4.59. The topological polar surface area (TPSA) is 98.1 Å². The van der Waals surface area contributed by atoms with Crippen molar-refractivity contribution < 1.29 is 13.9 Å². The summed E-state index contributed by atoms with van der Waals surface area (Å²) < 4.78 is 16.0. The molecular formula is C16H32N4O3. The molecule has 1 N–H and O–H groups in total. The van der Waals surface area contributed by atoms with Crippen molar-refractivity contribution in [1.29, 1.82) is 1.43 Å². The van der Waals surface area contributed by atoms with Crippen LogP contribution in [-0.2, 0) is 12.8 Å². The van der Waals surface area contributed by atoms with Crippen LogP contribution in [0, 0.1) is 13.8 Å². The molecule has 0 aromatic carbocycles. The second-order valence-electron chi connectivity index (χ2n) is 4.59. The van der Waals surface area contributed by atoms with Crippen LogP contribution in [0.1, 0.15) is 70.5 Å². The Morgan fingerprint density at radius 2 is 1.43 bits per heavy atom. The molecule has 0 fully saturated rings. The van der Waals surface area contributed by atoms with Gasteiger partial charge in [0.1, 0.15) is 0 Å². The van der Waals surface area contributed by atoms with Gasteiger partial charge in [0, 0.05) is 33.8 Å². The van der Waals surface area contributed by atoms with Crippen molar-refractivity contribution >= 4 is 0 Å². The first-order chi connectivity index (χ1) is 11.1. The normalized spacial score (nSPS) is 9.70. The van der Waals surface area contributed by atoms with E-state index in [4.69, 9.17) is 10.3 Å². The van der Waals surface area contributed by atoms with Crippen LogP contribution in [0.5, 0.6) is 0 Å². The van der Waals surface area contributed by atoms with E-state index in [0.717, 1.165) is 25.2 Å². The minimum atomic E-state index is 0. The zero-order chi connectivity index (χ0) is 17.5. The summed E-state index contributed by atoms with van der Waals surface area (Å²) >= 11 is 0. The van der Waals surface area contributed by atoms with E-state index in [9.17, 15) is 0 Å². The van der Waals surface area contributed by atoms with Crippen LogP contribution in [-0.4, -0.2) is 34.0 Å². The van der Waals surface area contributed by atoms with Gasteiger partial charge in [0.2, 0.25) is 25.0 Å². The number of aliphatic hydroxyl groups excluding tert-OH is 1. The van der Waals surface area contributed by atoms with E-state index in [-0.39, 0.29) is 7.43 Å². The average molecular weight is 329 g/mol. The first-order valence-electron chi connectivity index (χ1n) is 8.05. The molecule has 0 amide bonds. The van der Waals surface area contributed by atoms with Crippen molar-refractivity contribution in [2.45, 2.75) is 73.6 Å². The fourth-order valence-electron chi connectivity index (χ4n) is 1.62. The lowest BCUT2D eigenvalue weighted by Gasteiger charge is -1.94. The second kappa shape index (κ2) is 15.1. The van der Waals surface area contributed by atoms with Gasteiger partial charge in [0.15, 0.2) is 0 Å². The van der Waals surface area contributed by atoms with Gasteiger partial charge >= 0.3 is 0 Å². The van der Waals surface area contributed by atoms with Gasteiger partial charge in [-0.05, 0) is 6.42 Å². The molecule has 2 aromatic rings. The van der Waals surface area contributed by atoms with E-state index in [2.05, 4.69) is 32.4 Å². The Bertz CT molecular complexity index is 503. The zero-order valence-electron chi connectivity index (χ0n) is 15.3. The monoisotopic (exact) mass is 329 g/mol. The summed E-state index contributed by atoms with van der Waals surface area (Å²) in [6.07, 6.45) is 6.74. The van der Waals surface area contributed by atoms with Gasteiger partial charge in [-0.2, -0.15) is 0 Å². The molecule has 0 unspecified atom stereocenters. The fourth-order valence-corrected chi connectivity index (χ4v) is 1.62. The first-order valence-corrected chi connectivity index (χ1v) is 7.64.